The summed E-state index contributed by atoms with van der Waals surface area (Å²) in [5.41, 5.74) is 2.10. The fraction of sp³-hybridized carbons (Fsp3) is 0.333. The minimum atomic E-state index is 0.0245. The van der Waals surface area contributed by atoms with Crippen LogP contribution in [0, 0.1) is 0 Å². The Morgan fingerprint density at radius 3 is 2.48 bits per heavy atom. The maximum Gasteiger partial charge on any atom is 0.246 e. The lowest BCUT2D eigenvalue weighted by Gasteiger charge is -2.34. The Hall–Kier alpha value is -2.86. The van der Waals surface area contributed by atoms with E-state index in [1.54, 1.807) is 26.4 Å². The van der Waals surface area contributed by atoms with Crippen molar-refractivity contribution in [3.05, 3.63) is 59.9 Å². The summed E-state index contributed by atoms with van der Waals surface area (Å²) in [6.07, 6.45) is 7.04. The molecule has 6 nitrogen and oxygen atoms in total. The Morgan fingerprint density at radius 1 is 1.07 bits per heavy atom. The van der Waals surface area contributed by atoms with Gasteiger partial charge in [0.15, 0.2) is 0 Å². The molecule has 1 fully saturated rings. The average Bonchev–Trinajstić information content (AvgIpc) is 2.73. The van der Waals surface area contributed by atoms with Crippen LogP contribution in [0.5, 0.6) is 11.5 Å². The normalized spacial score (nSPS) is 15.1. The monoisotopic (exact) mass is 367 g/mol. The minimum absolute atomic E-state index is 0.0245. The highest BCUT2D eigenvalue weighted by atomic mass is 16.5. The van der Waals surface area contributed by atoms with Crippen LogP contribution in [0.2, 0.25) is 0 Å². The summed E-state index contributed by atoms with van der Waals surface area (Å²) in [6.45, 7) is 4.09. The van der Waals surface area contributed by atoms with E-state index in [9.17, 15) is 4.79 Å². The second-order valence-electron chi connectivity index (χ2n) is 6.40. The standard InChI is InChI=1S/C21H25N3O3/c1-26-19-5-3-18(20(15-19)27-2)4-6-21(25)24-13-11-23(12-14-24)16-17-7-9-22-10-8-17/h3-10,15H,11-14,16H2,1-2H3/b6-4+. The van der Waals surface area contributed by atoms with E-state index >= 15 is 0 Å². The predicted molar refractivity (Wildman–Crippen MR) is 105 cm³/mol. The van der Waals surface area contributed by atoms with E-state index in [2.05, 4.69) is 9.88 Å². The van der Waals surface area contributed by atoms with Crippen molar-refractivity contribution >= 4 is 12.0 Å². The smallest absolute Gasteiger partial charge is 0.246 e. The summed E-state index contributed by atoms with van der Waals surface area (Å²) in [6, 6.07) is 9.60. The van der Waals surface area contributed by atoms with Gasteiger partial charge in [-0.2, -0.15) is 0 Å². The Morgan fingerprint density at radius 2 is 1.81 bits per heavy atom. The summed E-state index contributed by atoms with van der Waals surface area (Å²) < 4.78 is 10.6. The first-order valence-electron chi connectivity index (χ1n) is 9.00. The molecule has 2 aromatic rings. The van der Waals surface area contributed by atoms with Gasteiger partial charge in [-0.25, -0.2) is 0 Å². The molecule has 0 N–H and O–H groups in total. The molecular weight excluding hydrogens is 342 g/mol. The second-order valence-corrected chi connectivity index (χ2v) is 6.40. The van der Waals surface area contributed by atoms with Gasteiger partial charge < -0.3 is 14.4 Å². The lowest BCUT2D eigenvalue weighted by molar-refractivity contribution is -0.127. The van der Waals surface area contributed by atoms with Crippen LogP contribution in [0.4, 0.5) is 0 Å². The lowest BCUT2D eigenvalue weighted by Crippen LogP contribution is -2.47. The SMILES string of the molecule is COc1ccc(/C=C/C(=O)N2CCN(Cc3ccncc3)CC2)c(OC)c1. The van der Waals surface area contributed by atoms with Gasteiger partial charge in [0, 0.05) is 62.8 Å². The van der Waals surface area contributed by atoms with Crippen molar-refractivity contribution in [2.75, 3.05) is 40.4 Å². The molecule has 1 aromatic carbocycles. The summed E-state index contributed by atoms with van der Waals surface area (Å²) in [4.78, 5) is 20.8. The predicted octanol–water partition coefficient (Wildman–Crippen LogP) is 2.46. The molecule has 0 spiro atoms. The maximum atomic E-state index is 12.5. The average molecular weight is 367 g/mol. The minimum Gasteiger partial charge on any atom is -0.497 e. The van der Waals surface area contributed by atoms with Crippen LogP contribution in [0.1, 0.15) is 11.1 Å². The molecule has 0 unspecified atom stereocenters. The fourth-order valence-corrected chi connectivity index (χ4v) is 3.10. The van der Waals surface area contributed by atoms with Crippen molar-refractivity contribution in [2.45, 2.75) is 6.54 Å². The van der Waals surface area contributed by atoms with E-state index in [4.69, 9.17) is 9.47 Å². The molecule has 1 aliphatic heterocycles. The van der Waals surface area contributed by atoms with E-state index in [0.717, 1.165) is 44.0 Å². The van der Waals surface area contributed by atoms with Crippen LogP contribution in [0.25, 0.3) is 6.08 Å². The number of hydrogen-bond acceptors (Lipinski definition) is 5. The van der Waals surface area contributed by atoms with Gasteiger partial charge in [0.1, 0.15) is 11.5 Å². The molecular formula is C21H25N3O3. The van der Waals surface area contributed by atoms with Crippen molar-refractivity contribution in [3.63, 3.8) is 0 Å². The molecule has 1 saturated heterocycles. The van der Waals surface area contributed by atoms with Crippen LogP contribution in [0.15, 0.2) is 48.8 Å². The Bertz CT molecular complexity index is 785. The van der Waals surface area contributed by atoms with Crippen LogP contribution in [-0.4, -0.2) is 61.1 Å². The third kappa shape index (κ3) is 5.08. The van der Waals surface area contributed by atoms with Crippen LogP contribution >= 0.6 is 0 Å². The van der Waals surface area contributed by atoms with Crippen LogP contribution in [-0.2, 0) is 11.3 Å². The first-order chi connectivity index (χ1) is 13.2. The van der Waals surface area contributed by atoms with Crippen molar-refractivity contribution in [3.8, 4) is 11.5 Å². The summed E-state index contributed by atoms with van der Waals surface area (Å²) in [5.74, 6) is 1.43. The van der Waals surface area contributed by atoms with Crippen molar-refractivity contribution in [2.24, 2.45) is 0 Å². The zero-order valence-electron chi connectivity index (χ0n) is 15.8. The van der Waals surface area contributed by atoms with E-state index in [1.165, 1.54) is 5.56 Å². The third-order valence-corrected chi connectivity index (χ3v) is 4.69. The van der Waals surface area contributed by atoms with Crippen LogP contribution < -0.4 is 9.47 Å². The summed E-state index contributed by atoms with van der Waals surface area (Å²) in [5, 5.41) is 0. The topological polar surface area (TPSA) is 54.9 Å². The number of amides is 1. The van der Waals surface area contributed by atoms with Gasteiger partial charge in [-0.05, 0) is 35.9 Å². The fourth-order valence-electron chi connectivity index (χ4n) is 3.10. The van der Waals surface area contributed by atoms with E-state index in [1.807, 2.05) is 47.6 Å². The van der Waals surface area contributed by atoms with Gasteiger partial charge in [0.05, 0.1) is 14.2 Å². The van der Waals surface area contributed by atoms with Crippen LogP contribution in [0.3, 0.4) is 0 Å². The molecule has 27 heavy (non-hydrogen) atoms. The first kappa shape index (κ1) is 18.9. The molecule has 2 heterocycles. The van der Waals surface area contributed by atoms with E-state index in [0.29, 0.717) is 5.75 Å². The number of carbonyl (C=O) groups excluding carboxylic acids is 1. The number of piperazine rings is 1. The van der Waals surface area contributed by atoms with Gasteiger partial charge in [-0.1, -0.05) is 0 Å². The quantitative estimate of drug-likeness (QED) is 0.734. The first-order valence-corrected chi connectivity index (χ1v) is 9.00. The number of aromatic nitrogens is 1. The molecule has 0 radical (unpaired) electrons. The molecule has 3 rings (SSSR count). The highest BCUT2D eigenvalue weighted by Gasteiger charge is 2.19. The molecule has 1 amide bonds. The number of ether oxygens (including phenoxy) is 2. The Kier molecular flexibility index (Phi) is 6.44. The highest BCUT2D eigenvalue weighted by Crippen LogP contribution is 2.25. The molecule has 0 aliphatic carbocycles. The van der Waals surface area contributed by atoms with Gasteiger partial charge >= 0.3 is 0 Å². The maximum absolute atomic E-state index is 12.5. The number of benzene rings is 1. The molecule has 0 atom stereocenters. The van der Waals surface area contributed by atoms with Gasteiger partial charge in [0.2, 0.25) is 5.91 Å². The van der Waals surface area contributed by atoms with Gasteiger partial charge in [-0.15, -0.1) is 0 Å². The molecule has 142 valence electrons. The number of carbonyl (C=O) groups is 1. The molecule has 0 saturated carbocycles. The Labute approximate surface area is 160 Å². The molecule has 1 aromatic heterocycles. The molecule has 0 bridgehead atoms. The molecule has 1 aliphatic rings. The van der Waals surface area contributed by atoms with Gasteiger partial charge in [0.25, 0.3) is 0 Å². The molecule has 6 heteroatoms. The van der Waals surface area contributed by atoms with Crippen molar-refractivity contribution in [1.29, 1.82) is 0 Å². The summed E-state index contributed by atoms with van der Waals surface area (Å²) in [7, 11) is 3.22. The van der Waals surface area contributed by atoms with E-state index < -0.39 is 0 Å². The number of pyridine rings is 1. The number of nitrogens with zero attached hydrogens (tertiary/aromatic N) is 3. The van der Waals surface area contributed by atoms with Crippen molar-refractivity contribution < 1.29 is 14.3 Å². The van der Waals surface area contributed by atoms with Gasteiger partial charge in [-0.3, -0.25) is 14.7 Å². The highest BCUT2D eigenvalue weighted by molar-refractivity contribution is 5.92. The van der Waals surface area contributed by atoms with E-state index in [-0.39, 0.29) is 5.91 Å². The second kappa shape index (κ2) is 9.19. The third-order valence-electron chi connectivity index (χ3n) is 4.69. The number of hydrogen-bond donors (Lipinski definition) is 0. The Balaban J connectivity index is 1.54. The number of rotatable bonds is 6. The van der Waals surface area contributed by atoms with Crippen molar-refractivity contribution in [1.82, 2.24) is 14.8 Å². The summed E-state index contributed by atoms with van der Waals surface area (Å²) >= 11 is 0. The zero-order valence-corrected chi connectivity index (χ0v) is 15.8. The zero-order chi connectivity index (χ0) is 19.1. The lowest BCUT2D eigenvalue weighted by atomic mass is 10.1. The number of methoxy groups -OCH3 is 2. The largest absolute Gasteiger partial charge is 0.497 e.